The first-order chi connectivity index (χ1) is 6.96. The highest BCUT2D eigenvalue weighted by molar-refractivity contribution is 7.15. The standard InChI is InChI=1S/C12H20N2S/c1-8(2)13-11-14-9-5-6-12(3,4)7-10(9)15-11/h8H,5-7H2,1-4H3,(H,13,14). The zero-order valence-corrected chi connectivity index (χ0v) is 10.9. The minimum absolute atomic E-state index is 0.467. The van der Waals surface area contributed by atoms with Gasteiger partial charge in [0.05, 0.1) is 5.69 Å². The van der Waals surface area contributed by atoms with Gasteiger partial charge in [-0.2, -0.15) is 0 Å². The van der Waals surface area contributed by atoms with E-state index in [0.717, 1.165) is 11.6 Å². The minimum atomic E-state index is 0.467. The van der Waals surface area contributed by atoms with Crippen LogP contribution in [0.1, 0.15) is 44.7 Å². The molecule has 2 rings (SSSR count). The Morgan fingerprint density at radius 2 is 2.13 bits per heavy atom. The molecule has 1 aromatic rings. The minimum Gasteiger partial charge on any atom is -0.359 e. The Morgan fingerprint density at radius 1 is 1.40 bits per heavy atom. The van der Waals surface area contributed by atoms with Gasteiger partial charge >= 0.3 is 0 Å². The maximum absolute atomic E-state index is 4.66. The van der Waals surface area contributed by atoms with Crippen LogP contribution in [0.5, 0.6) is 0 Å². The van der Waals surface area contributed by atoms with Crippen molar-refractivity contribution in [2.45, 2.75) is 53.0 Å². The van der Waals surface area contributed by atoms with Gasteiger partial charge in [-0.05, 0) is 38.5 Å². The second kappa shape index (κ2) is 3.78. The van der Waals surface area contributed by atoms with Gasteiger partial charge in [0.25, 0.3) is 0 Å². The summed E-state index contributed by atoms with van der Waals surface area (Å²) in [4.78, 5) is 6.16. The molecule has 0 bridgehead atoms. The summed E-state index contributed by atoms with van der Waals surface area (Å²) >= 11 is 1.84. The second-order valence-corrected chi connectivity index (χ2v) is 6.61. The van der Waals surface area contributed by atoms with E-state index in [2.05, 4.69) is 38.0 Å². The summed E-state index contributed by atoms with van der Waals surface area (Å²) in [5.74, 6) is 0. The van der Waals surface area contributed by atoms with E-state index in [1.807, 2.05) is 11.3 Å². The molecule has 1 N–H and O–H groups in total. The molecule has 1 heterocycles. The van der Waals surface area contributed by atoms with Crippen LogP contribution in [0.25, 0.3) is 0 Å². The summed E-state index contributed by atoms with van der Waals surface area (Å²) < 4.78 is 0. The summed E-state index contributed by atoms with van der Waals surface area (Å²) in [5.41, 5.74) is 1.80. The third-order valence-corrected chi connectivity index (χ3v) is 3.90. The van der Waals surface area contributed by atoms with Crippen molar-refractivity contribution in [2.24, 2.45) is 5.41 Å². The Balaban J connectivity index is 2.18. The van der Waals surface area contributed by atoms with Crippen molar-refractivity contribution in [3.8, 4) is 0 Å². The smallest absolute Gasteiger partial charge is 0.183 e. The molecule has 0 atom stereocenters. The van der Waals surface area contributed by atoms with E-state index in [4.69, 9.17) is 0 Å². The van der Waals surface area contributed by atoms with Gasteiger partial charge in [-0.25, -0.2) is 4.98 Å². The SMILES string of the molecule is CC(C)Nc1nc2c(s1)CC(C)(C)CC2. The van der Waals surface area contributed by atoms with Crippen LogP contribution >= 0.6 is 11.3 Å². The van der Waals surface area contributed by atoms with Crippen molar-refractivity contribution in [3.63, 3.8) is 0 Å². The predicted molar refractivity (Wildman–Crippen MR) is 66.7 cm³/mol. The maximum Gasteiger partial charge on any atom is 0.183 e. The summed E-state index contributed by atoms with van der Waals surface area (Å²) in [7, 11) is 0. The van der Waals surface area contributed by atoms with Crippen LogP contribution in [0, 0.1) is 5.41 Å². The number of hydrogen-bond acceptors (Lipinski definition) is 3. The Morgan fingerprint density at radius 3 is 2.80 bits per heavy atom. The normalized spacial score (nSPS) is 19.0. The molecule has 84 valence electrons. The summed E-state index contributed by atoms with van der Waals surface area (Å²) in [6.07, 6.45) is 3.61. The van der Waals surface area contributed by atoms with E-state index in [0.29, 0.717) is 11.5 Å². The van der Waals surface area contributed by atoms with Crippen molar-refractivity contribution in [1.82, 2.24) is 4.98 Å². The van der Waals surface area contributed by atoms with Crippen LogP contribution in [-0.4, -0.2) is 11.0 Å². The zero-order chi connectivity index (χ0) is 11.1. The molecule has 0 amide bonds. The topological polar surface area (TPSA) is 24.9 Å². The van der Waals surface area contributed by atoms with Gasteiger partial charge in [0.15, 0.2) is 5.13 Å². The average Bonchev–Trinajstić information content (AvgIpc) is 2.42. The molecule has 1 aliphatic carbocycles. The molecular formula is C12H20N2S. The second-order valence-electron chi connectivity index (χ2n) is 5.53. The monoisotopic (exact) mass is 224 g/mol. The lowest BCUT2D eigenvalue weighted by molar-refractivity contribution is 0.316. The van der Waals surface area contributed by atoms with Crippen molar-refractivity contribution >= 4 is 16.5 Å². The highest BCUT2D eigenvalue weighted by Crippen LogP contribution is 2.38. The molecule has 0 saturated heterocycles. The van der Waals surface area contributed by atoms with Gasteiger partial charge in [-0.3, -0.25) is 0 Å². The van der Waals surface area contributed by atoms with Crippen LogP contribution < -0.4 is 5.32 Å². The molecule has 0 radical (unpaired) electrons. The average molecular weight is 224 g/mol. The lowest BCUT2D eigenvalue weighted by Gasteiger charge is -2.28. The van der Waals surface area contributed by atoms with Gasteiger partial charge in [-0.1, -0.05) is 13.8 Å². The van der Waals surface area contributed by atoms with Crippen LogP contribution in [0.2, 0.25) is 0 Å². The fraction of sp³-hybridized carbons (Fsp3) is 0.750. The molecule has 15 heavy (non-hydrogen) atoms. The molecule has 0 saturated carbocycles. The van der Waals surface area contributed by atoms with Crippen molar-refractivity contribution in [2.75, 3.05) is 5.32 Å². The van der Waals surface area contributed by atoms with E-state index in [1.165, 1.54) is 23.4 Å². The van der Waals surface area contributed by atoms with E-state index in [1.54, 1.807) is 0 Å². The van der Waals surface area contributed by atoms with E-state index in [-0.39, 0.29) is 0 Å². The van der Waals surface area contributed by atoms with Crippen molar-refractivity contribution in [3.05, 3.63) is 10.6 Å². The number of aryl methyl sites for hydroxylation is 1. The van der Waals surface area contributed by atoms with E-state index >= 15 is 0 Å². The molecule has 0 aliphatic heterocycles. The third kappa shape index (κ3) is 2.51. The molecule has 0 fully saturated rings. The van der Waals surface area contributed by atoms with E-state index < -0.39 is 0 Å². The first-order valence-electron chi connectivity index (χ1n) is 5.71. The number of fused-ring (bicyclic) bond motifs is 1. The van der Waals surface area contributed by atoms with Gasteiger partial charge < -0.3 is 5.32 Å². The lowest BCUT2D eigenvalue weighted by atomic mass is 9.79. The number of nitrogens with zero attached hydrogens (tertiary/aromatic N) is 1. The van der Waals surface area contributed by atoms with Gasteiger partial charge in [0.2, 0.25) is 0 Å². The Hall–Kier alpha value is -0.570. The van der Waals surface area contributed by atoms with Gasteiger partial charge in [0.1, 0.15) is 0 Å². The lowest BCUT2D eigenvalue weighted by Crippen LogP contribution is -2.20. The van der Waals surface area contributed by atoms with Crippen LogP contribution in [0.15, 0.2) is 0 Å². The third-order valence-electron chi connectivity index (χ3n) is 2.87. The zero-order valence-electron chi connectivity index (χ0n) is 10.1. The first-order valence-corrected chi connectivity index (χ1v) is 6.53. The number of hydrogen-bond donors (Lipinski definition) is 1. The maximum atomic E-state index is 4.66. The molecule has 0 aromatic carbocycles. The highest BCUT2D eigenvalue weighted by atomic mass is 32.1. The summed E-state index contributed by atoms with van der Waals surface area (Å²) in [6, 6.07) is 0.477. The molecule has 3 heteroatoms. The van der Waals surface area contributed by atoms with E-state index in [9.17, 15) is 0 Å². The first kappa shape index (κ1) is 10.9. The predicted octanol–water partition coefficient (Wildman–Crippen LogP) is 3.48. The number of rotatable bonds is 2. The fourth-order valence-corrected chi connectivity index (χ4v) is 3.42. The van der Waals surface area contributed by atoms with Gasteiger partial charge in [-0.15, -0.1) is 11.3 Å². The summed E-state index contributed by atoms with van der Waals surface area (Å²) in [5, 5.41) is 4.50. The number of anilines is 1. The number of nitrogens with one attached hydrogen (secondary N) is 1. The van der Waals surface area contributed by atoms with Crippen molar-refractivity contribution < 1.29 is 0 Å². The van der Waals surface area contributed by atoms with Crippen molar-refractivity contribution in [1.29, 1.82) is 0 Å². The number of aromatic nitrogens is 1. The fourth-order valence-electron chi connectivity index (χ4n) is 2.01. The number of thiazole rings is 1. The quantitative estimate of drug-likeness (QED) is 0.832. The Kier molecular flexibility index (Phi) is 2.75. The van der Waals surface area contributed by atoms with Crippen LogP contribution in [0.4, 0.5) is 5.13 Å². The molecular weight excluding hydrogens is 204 g/mol. The molecule has 1 aromatic heterocycles. The Bertz CT molecular complexity index is 353. The molecule has 0 spiro atoms. The highest BCUT2D eigenvalue weighted by Gasteiger charge is 2.28. The largest absolute Gasteiger partial charge is 0.359 e. The molecule has 1 aliphatic rings. The van der Waals surface area contributed by atoms with Gasteiger partial charge in [0, 0.05) is 10.9 Å². The molecule has 2 nitrogen and oxygen atoms in total. The molecule has 0 unspecified atom stereocenters. The Labute approximate surface area is 96.1 Å². The van der Waals surface area contributed by atoms with Crippen LogP contribution in [-0.2, 0) is 12.8 Å². The summed E-state index contributed by atoms with van der Waals surface area (Å²) in [6.45, 7) is 9.02. The van der Waals surface area contributed by atoms with Crippen LogP contribution in [0.3, 0.4) is 0 Å².